The van der Waals surface area contributed by atoms with E-state index in [9.17, 15) is 28.4 Å². The van der Waals surface area contributed by atoms with Gasteiger partial charge in [-0.1, -0.05) is 67.5 Å². The van der Waals surface area contributed by atoms with E-state index in [4.69, 9.17) is 14.3 Å². The van der Waals surface area contributed by atoms with Crippen LogP contribution in [0, 0.1) is 11.7 Å². The van der Waals surface area contributed by atoms with Crippen molar-refractivity contribution in [2.45, 2.75) is 115 Å². The monoisotopic (exact) mass is 733 g/mol. The second-order valence-electron chi connectivity index (χ2n) is 15.2. The second kappa shape index (κ2) is 15.9. The molecule has 2 fully saturated rings. The third-order valence-electron chi connectivity index (χ3n) is 10.0. The predicted molar refractivity (Wildman–Crippen MR) is 190 cm³/mol. The summed E-state index contributed by atoms with van der Waals surface area (Å²) in [5.41, 5.74) is 2.31. The first-order valence-corrected chi connectivity index (χ1v) is 18.3. The molecule has 0 aromatic heterocycles. The minimum absolute atomic E-state index is 0.0287. The number of amides is 5. The number of carbonyl (C=O) groups excluding carboxylic acids is 5. The normalized spacial score (nSPS) is 25.9. The third-order valence-corrected chi connectivity index (χ3v) is 10.0. The Bertz CT molecular complexity index is 1730. The van der Waals surface area contributed by atoms with E-state index in [1.807, 2.05) is 42.5 Å². The molecule has 14 heteroatoms. The Morgan fingerprint density at radius 3 is 2.57 bits per heavy atom. The third kappa shape index (κ3) is 9.16. The average molecular weight is 734 g/mol. The van der Waals surface area contributed by atoms with Crippen molar-refractivity contribution in [1.29, 1.82) is 0 Å². The average Bonchev–Trinajstić information content (AvgIpc) is 3.40. The topological polar surface area (TPSA) is 156 Å². The van der Waals surface area contributed by atoms with Gasteiger partial charge in [-0.05, 0) is 63.6 Å². The van der Waals surface area contributed by atoms with Gasteiger partial charge in [0.1, 0.15) is 35.1 Å². The van der Waals surface area contributed by atoms with Gasteiger partial charge in [0.15, 0.2) is 0 Å². The van der Waals surface area contributed by atoms with Crippen LogP contribution in [0.15, 0.2) is 60.7 Å². The molecule has 2 aromatic rings. The number of carbonyl (C=O) groups is 5. The molecule has 0 radical (unpaired) electrons. The minimum Gasteiger partial charge on any atom is -0.444 e. The van der Waals surface area contributed by atoms with E-state index < -0.39 is 65.1 Å². The van der Waals surface area contributed by atoms with Crippen LogP contribution in [0.2, 0.25) is 0 Å². The summed E-state index contributed by atoms with van der Waals surface area (Å²) in [5.74, 6) is -2.38. The van der Waals surface area contributed by atoms with Crippen molar-refractivity contribution in [3.05, 3.63) is 83.2 Å². The van der Waals surface area contributed by atoms with Crippen LogP contribution in [-0.4, -0.2) is 75.6 Å². The molecule has 1 saturated heterocycles. The molecule has 0 bridgehead atoms. The van der Waals surface area contributed by atoms with Crippen LogP contribution in [0.1, 0.15) is 82.4 Å². The van der Waals surface area contributed by atoms with Gasteiger partial charge in [0.25, 0.3) is 5.91 Å². The van der Waals surface area contributed by atoms with E-state index in [1.54, 1.807) is 32.9 Å². The standard InChI is InChI=1S/C39H48FN5O8/c1-38(2,3)53-36(49)41-31-18-11-6-4-5-10-16-27-20-39(27,35(48)43-51-24-25-13-8-7-9-14-25)42-33(46)32-19-28(22-45(32)34(31)47)52-37(50)44-21-26-15-12-17-30(40)29(26)23-44/h7-10,12-17,27-28,31-32H,4-6,11,18-24H2,1-3H3,(H,41,49)(H,42,46)(H,43,48)/t27?,28?,31?,32-,39?/m0/s1. The zero-order chi connectivity index (χ0) is 37.8. The zero-order valence-electron chi connectivity index (χ0n) is 30.4. The van der Waals surface area contributed by atoms with Gasteiger partial charge in [-0.15, -0.1) is 0 Å². The molecule has 4 aliphatic rings. The van der Waals surface area contributed by atoms with Gasteiger partial charge in [0.05, 0.1) is 19.7 Å². The first-order chi connectivity index (χ1) is 25.3. The van der Waals surface area contributed by atoms with E-state index >= 15 is 0 Å². The fraction of sp³-hybridized carbons (Fsp3) is 0.513. The molecule has 6 rings (SSSR count). The van der Waals surface area contributed by atoms with Crippen molar-refractivity contribution < 1.29 is 42.7 Å². The Balaban J connectivity index is 1.22. The fourth-order valence-corrected chi connectivity index (χ4v) is 7.19. The van der Waals surface area contributed by atoms with Crippen LogP contribution in [-0.2, 0) is 48.4 Å². The molecule has 0 spiro atoms. The highest BCUT2D eigenvalue weighted by molar-refractivity contribution is 5.98. The smallest absolute Gasteiger partial charge is 0.410 e. The van der Waals surface area contributed by atoms with Gasteiger partial charge < -0.3 is 25.0 Å². The van der Waals surface area contributed by atoms with E-state index in [2.05, 4.69) is 16.1 Å². The van der Waals surface area contributed by atoms with Gasteiger partial charge >= 0.3 is 12.2 Å². The Morgan fingerprint density at radius 1 is 1.02 bits per heavy atom. The van der Waals surface area contributed by atoms with Crippen molar-refractivity contribution in [3.8, 4) is 0 Å². The molecule has 13 nitrogen and oxygen atoms in total. The van der Waals surface area contributed by atoms with E-state index in [0.717, 1.165) is 24.8 Å². The lowest BCUT2D eigenvalue weighted by molar-refractivity contribution is -0.144. The molecule has 3 heterocycles. The molecule has 4 unspecified atom stereocenters. The maximum Gasteiger partial charge on any atom is 0.410 e. The summed E-state index contributed by atoms with van der Waals surface area (Å²) in [7, 11) is 0. The first kappa shape index (κ1) is 37.8. The summed E-state index contributed by atoms with van der Waals surface area (Å²) >= 11 is 0. The lowest BCUT2D eigenvalue weighted by Gasteiger charge is -2.30. The number of fused-ring (bicyclic) bond motifs is 3. The number of nitrogens with zero attached hydrogens (tertiary/aromatic N) is 2. The summed E-state index contributed by atoms with van der Waals surface area (Å²) in [5, 5.41) is 5.64. The minimum atomic E-state index is -1.33. The summed E-state index contributed by atoms with van der Waals surface area (Å²) in [4.78, 5) is 76.8. The molecule has 2 aromatic carbocycles. The SMILES string of the molecule is CC(C)(C)OC(=O)NC1CCCCCC=CC2CC2(C(=O)NOCc2ccccc2)NC(=O)[C@@H]2CC(OC(=O)N3Cc4cccc(F)c4C3)CN2C1=O. The van der Waals surface area contributed by atoms with Gasteiger partial charge in [0.2, 0.25) is 11.8 Å². The van der Waals surface area contributed by atoms with Crippen LogP contribution in [0.4, 0.5) is 14.0 Å². The van der Waals surface area contributed by atoms with Crippen LogP contribution in [0.5, 0.6) is 0 Å². The highest BCUT2D eigenvalue weighted by Gasteiger charge is 2.61. The van der Waals surface area contributed by atoms with Crippen LogP contribution in [0.25, 0.3) is 0 Å². The van der Waals surface area contributed by atoms with Crippen molar-refractivity contribution in [2.24, 2.45) is 5.92 Å². The van der Waals surface area contributed by atoms with Crippen molar-refractivity contribution in [3.63, 3.8) is 0 Å². The van der Waals surface area contributed by atoms with Crippen LogP contribution >= 0.6 is 0 Å². The number of hydrogen-bond donors (Lipinski definition) is 3. The molecular formula is C39H48FN5O8. The molecular weight excluding hydrogens is 685 g/mol. The lowest BCUT2D eigenvalue weighted by Crippen LogP contribution is -2.58. The van der Waals surface area contributed by atoms with Gasteiger partial charge in [-0.2, -0.15) is 0 Å². The zero-order valence-corrected chi connectivity index (χ0v) is 30.4. The van der Waals surface area contributed by atoms with Crippen LogP contribution in [0.3, 0.4) is 0 Å². The lowest BCUT2D eigenvalue weighted by atomic mass is 10.0. The molecule has 3 aliphatic heterocycles. The van der Waals surface area contributed by atoms with E-state index in [0.29, 0.717) is 30.4 Å². The maximum atomic E-state index is 14.4. The molecule has 284 valence electrons. The molecule has 5 amide bonds. The number of ether oxygens (including phenoxy) is 2. The van der Waals surface area contributed by atoms with Crippen molar-refractivity contribution in [1.82, 2.24) is 25.9 Å². The molecule has 53 heavy (non-hydrogen) atoms. The number of benzene rings is 2. The number of alkyl carbamates (subject to hydrolysis) is 1. The summed E-state index contributed by atoms with van der Waals surface area (Å²) < 4.78 is 25.8. The molecule has 3 N–H and O–H groups in total. The van der Waals surface area contributed by atoms with Gasteiger partial charge in [-0.3, -0.25) is 24.1 Å². The largest absolute Gasteiger partial charge is 0.444 e. The van der Waals surface area contributed by atoms with Gasteiger partial charge in [-0.25, -0.2) is 19.5 Å². The fourth-order valence-electron chi connectivity index (χ4n) is 7.19. The highest BCUT2D eigenvalue weighted by atomic mass is 19.1. The van der Waals surface area contributed by atoms with E-state index in [1.165, 1.54) is 15.9 Å². The Morgan fingerprint density at radius 2 is 1.81 bits per heavy atom. The van der Waals surface area contributed by atoms with Crippen molar-refractivity contribution in [2.75, 3.05) is 6.54 Å². The second-order valence-corrected chi connectivity index (χ2v) is 15.2. The molecule has 1 saturated carbocycles. The Hall–Kier alpha value is -4.98. The van der Waals surface area contributed by atoms with E-state index in [-0.39, 0.29) is 38.6 Å². The predicted octanol–water partition coefficient (Wildman–Crippen LogP) is 4.78. The highest BCUT2D eigenvalue weighted by Crippen LogP contribution is 2.45. The van der Waals surface area contributed by atoms with Crippen molar-refractivity contribution >= 4 is 29.9 Å². The van der Waals surface area contributed by atoms with Gasteiger partial charge in [0, 0.05) is 24.4 Å². The number of hydroxylamine groups is 1. The maximum absolute atomic E-state index is 14.4. The summed E-state index contributed by atoms with van der Waals surface area (Å²) in [6.45, 7) is 5.33. The number of allylic oxidation sites excluding steroid dienone is 1. The molecule has 5 atom stereocenters. The summed E-state index contributed by atoms with van der Waals surface area (Å²) in [6.07, 6.45) is 5.06. The number of halogens is 1. The number of hydrogen-bond acceptors (Lipinski definition) is 8. The quantitative estimate of drug-likeness (QED) is 0.283. The Kier molecular flexibility index (Phi) is 11.4. The number of nitrogens with one attached hydrogen (secondary N) is 3. The van der Waals surface area contributed by atoms with Crippen LogP contribution < -0.4 is 16.1 Å². The molecule has 1 aliphatic carbocycles. The first-order valence-electron chi connectivity index (χ1n) is 18.3. The number of rotatable bonds is 6. The summed E-state index contributed by atoms with van der Waals surface area (Å²) in [6, 6.07) is 11.8. The Labute approximate surface area is 308 Å².